The second-order valence-corrected chi connectivity index (χ2v) is 8.65. The average Bonchev–Trinajstić information content (AvgIpc) is 2.95. The van der Waals surface area contributed by atoms with Crippen molar-refractivity contribution in [3.63, 3.8) is 0 Å². The van der Waals surface area contributed by atoms with E-state index in [2.05, 4.69) is 35.3 Å². The van der Waals surface area contributed by atoms with E-state index >= 15 is 0 Å². The molecule has 0 spiro atoms. The highest BCUT2D eigenvalue weighted by atomic mass is 19.4. The maximum atomic E-state index is 13.5. The first-order valence-electron chi connectivity index (χ1n) is 12.2. The molecule has 0 aliphatic heterocycles. The average molecular weight is 594 g/mol. The van der Waals surface area contributed by atoms with Gasteiger partial charge in [-0.3, -0.25) is 29.1 Å². The Balaban J connectivity index is 1.82. The van der Waals surface area contributed by atoms with Crippen molar-refractivity contribution in [1.29, 1.82) is 0 Å². The number of nitrogens with two attached hydrogens (primary N) is 2. The van der Waals surface area contributed by atoms with Gasteiger partial charge in [0.1, 0.15) is 6.04 Å². The number of carbonyl (C=O) groups is 4. The molecule has 1 atom stereocenters. The topological polar surface area (TPSA) is 228 Å². The second kappa shape index (κ2) is 13.5. The van der Waals surface area contributed by atoms with Gasteiger partial charge in [-0.2, -0.15) is 18.2 Å². The third-order valence-corrected chi connectivity index (χ3v) is 5.65. The molecule has 18 heteroatoms. The molecule has 2 aromatic heterocycles. The normalized spacial score (nSPS) is 11.9. The lowest BCUT2D eigenvalue weighted by Gasteiger charge is -2.24. The number of aromatic amines is 1. The Kier molecular flexibility index (Phi) is 10.1. The number of nitrogen functional groups attached to an aromatic ring is 1. The van der Waals surface area contributed by atoms with Crippen LogP contribution in [0.3, 0.4) is 0 Å². The Morgan fingerprint density at radius 2 is 1.83 bits per heavy atom. The van der Waals surface area contributed by atoms with E-state index in [0.717, 1.165) is 37.6 Å². The summed E-state index contributed by atoms with van der Waals surface area (Å²) >= 11 is 0. The third kappa shape index (κ3) is 7.96. The Morgan fingerprint density at radius 1 is 1.14 bits per heavy atom. The SMILES string of the molecule is COC(=O)[C@H](CCC(=O)NCCN)NC(=O)c1ccc(N(Cc2cnc3nc(N)[nH]c(=O)c3n2)C(=O)C(F)(F)F)cc1. The Labute approximate surface area is 234 Å². The fourth-order valence-electron chi connectivity index (χ4n) is 3.64. The van der Waals surface area contributed by atoms with Crippen molar-refractivity contribution in [2.75, 3.05) is 30.8 Å². The van der Waals surface area contributed by atoms with E-state index in [1.54, 1.807) is 0 Å². The van der Waals surface area contributed by atoms with Crippen LogP contribution in [0.1, 0.15) is 28.9 Å². The van der Waals surface area contributed by atoms with Crippen LogP contribution in [0.4, 0.5) is 24.8 Å². The van der Waals surface area contributed by atoms with E-state index in [9.17, 15) is 37.1 Å². The van der Waals surface area contributed by atoms with E-state index in [4.69, 9.17) is 11.5 Å². The number of ether oxygens (including phenoxy) is 1. The van der Waals surface area contributed by atoms with Crippen LogP contribution in [0.15, 0.2) is 35.3 Å². The molecular formula is C24H26F3N9O6. The summed E-state index contributed by atoms with van der Waals surface area (Å²) in [5, 5.41) is 4.94. The van der Waals surface area contributed by atoms with Gasteiger partial charge in [-0.1, -0.05) is 0 Å². The first-order chi connectivity index (χ1) is 19.8. The van der Waals surface area contributed by atoms with Crippen LogP contribution in [0, 0.1) is 0 Å². The third-order valence-electron chi connectivity index (χ3n) is 5.65. The van der Waals surface area contributed by atoms with E-state index in [1.165, 1.54) is 0 Å². The van der Waals surface area contributed by atoms with E-state index in [-0.39, 0.29) is 60.0 Å². The molecule has 1 aromatic carbocycles. The number of anilines is 2. The number of nitrogens with one attached hydrogen (secondary N) is 3. The van der Waals surface area contributed by atoms with Gasteiger partial charge in [0.2, 0.25) is 11.9 Å². The summed E-state index contributed by atoms with van der Waals surface area (Å²) < 4.78 is 45.0. The number of hydrogen-bond donors (Lipinski definition) is 5. The van der Waals surface area contributed by atoms with Crippen molar-refractivity contribution in [3.05, 3.63) is 52.1 Å². The minimum absolute atomic E-state index is 0.0691. The van der Waals surface area contributed by atoms with E-state index in [0.29, 0.717) is 4.90 Å². The lowest BCUT2D eigenvalue weighted by molar-refractivity contribution is -0.170. The predicted octanol–water partition coefficient (Wildman–Crippen LogP) is -0.483. The summed E-state index contributed by atoms with van der Waals surface area (Å²) in [6.07, 6.45) is -4.47. The largest absolute Gasteiger partial charge is 0.471 e. The van der Waals surface area contributed by atoms with Crippen LogP contribution in [0.25, 0.3) is 11.2 Å². The number of rotatable bonds is 11. The summed E-state index contributed by atoms with van der Waals surface area (Å²) in [5.41, 5.74) is 9.04. The van der Waals surface area contributed by atoms with E-state index in [1.807, 2.05) is 0 Å². The molecule has 0 bridgehead atoms. The van der Waals surface area contributed by atoms with Gasteiger partial charge in [-0.25, -0.2) is 14.8 Å². The van der Waals surface area contributed by atoms with Gasteiger partial charge >= 0.3 is 18.1 Å². The number of alkyl halides is 3. The lowest BCUT2D eigenvalue weighted by atomic mass is 10.1. The Hall–Kier alpha value is -5.13. The zero-order valence-electron chi connectivity index (χ0n) is 22.0. The molecule has 0 fully saturated rings. The zero-order chi connectivity index (χ0) is 31.0. The van der Waals surface area contributed by atoms with Gasteiger partial charge in [-0.05, 0) is 30.7 Å². The van der Waals surface area contributed by atoms with E-state index < -0.39 is 48.0 Å². The first kappa shape index (κ1) is 31.4. The highest BCUT2D eigenvalue weighted by Crippen LogP contribution is 2.26. The van der Waals surface area contributed by atoms with Crippen molar-refractivity contribution in [2.24, 2.45) is 5.73 Å². The molecule has 0 unspecified atom stereocenters. The molecule has 7 N–H and O–H groups in total. The highest BCUT2D eigenvalue weighted by Gasteiger charge is 2.43. The minimum Gasteiger partial charge on any atom is -0.467 e. The number of methoxy groups -OCH3 is 1. The first-order valence-corrected chi connectivity index (χ1v) is 12.2. The Morgan fingerprint density at radius 3 is 2.45 bits per heavy atom. The molecule has 0 radical (unpaired) electrons. The number of hydrogen-bond acceptors (Lipinski definition) is 11. The van der Waals surface area contributed by atoms with Gasteiger partial charge in [0.05, 0.1) is 25.5 Å². The number of amides is 3. The lowest BCUT2D eigenvalue weighted by Crippen LogP contribution is -2.42. The number of fused-ring (bicyclic) bond motifs is 1. The van der Waals surface area contributed by atoms with Crippen molar-refractivity contribution in [2.45, 2.75) is 31.6 Å². The summed E-state index contributed by atoms with van der Waals surface area (Å²) in [7, 11) is 1.10. The molecule has 0 saturated heterocycles. The molecule has 0 saturated carbocycles. The molecule has 42 heavy (non-hydrogen) atoms. The number of esters is 1. The van der Waals surface area contributed by atoms with Crippen LogP contribution < -0.4 is 32.6 Å². The van der Waals surface area contributed by atoms with Crippen LogP contribution in [-0.4, -0.2) is 76.0 Å². The molecule has 2 heterocycles. The number of nitrogens with zero attached hydrogens (tertiary/aromatic N) is 4. The summed E-state index contributed by atoms with van der Waals surface area (Å²) in [6, 6.07) is 3.22. The number of benzene rings is 1. The molecular weight excluding hydrogens is 567 g/mol. The maximum absolute atomic E-state index is 13.5. The summed E-state index contributed by atoms with van der Waals surface area (Å²) in [6.45, 7) is -0.299. The summed E-state index contributed by atoms with van der Waals surface area (Å²) in [5.74, 6) is -4.49. The number of H-pyrrole nitrogens is 1. The number of aromatic nitrogens is 4. The minimum atomic E-state index is -5.28. The molecule has 224 valence electrons. The van der Waals surface area contributed by atoms with Crippen LogP contribution in [0.5, 0.6) is 0 Å². The quantitative estimate of drug-likeness (QED) is 0.178. The maximum Gasteiger partial charge on any atom is 0.471 e. The molecule has 3 aromatic rings. The predicted molar refractivity (Wildman–Crippen MR) is 141 cm³/mol. The highest BCUT2D eigenvalue weighted by molar-refractivity contribution is 5.99. The number of carbonyl (C=O) groups excluding carboxylic acids is 4. The van der Waals surface area contributed by atoms with Crippen LogP contribution in [-0.2, 0) is 25.7 Å². The zero-order valence-corrected chi connectivity index (χ0v) is 22.0. The van der Waals surface area contributed by atoms with Gasteiger partial charge in [0.15, 0.2) is 11.2 Å². The standard InChI is InChI=1S/C24H26F3N9O6/c1-42-21(40)15(6-7-16(37)30-9-8-28)33-19(38)12-2-4-14(5-3-12)36(22(41)24(25,26)27)11-13-10-31-18-17(32-13)20(39)35-23(29)34-18/h2-5,10,15H,6-9,11,28H2,1H3,(H,30,37)(H,33,38)(H3,29,31,34,35,39)/t15-/m0/s1. The fraction of sp³-hybridized carbons (Fsp3) is 0.333. The summed E-state index contributed by atoms with van der Waals surface area (Å²) in [4.78, 5) is 75.3. The molecule has 0 aliphatic rings. The number of halogens is 3. The fourth-order valence-corrected chi connectivity index (χ4v) is 3.64. The van der Waals surface area contributed by atoms with Gasteiger partial charge < -0.3 is 26.8 Å². The molecule has 3 amide bonds. The van der Waals surface area contributed by atoms with Crippen LogP contribution >= 0.6 is 0 Å². The molecule has 15 nitrogen and oxygen atoms in total. The van der Waals surface area contributed by atoms with Crippen molar-refractivity contribution < 1.29 is 37.1 Å². The van der Waals surface area contributed by atoms with Crippen LogP contribution in [0.2, 0.25) is 0 Å². The van der Waals surface area contributed by atoms with Crippen molar-refractivity contribution in [1.82, 2.24) is 30.6 Å². The second-order valence-electron chi connectivity index (χ2n) is 8.65. The van der Waals surface area contributed by atoms with Crippen molar-refractivity contribution in [3.8, 4) is 0 Å². The molecule has 0 aliphatic carbocycles. The Bertz CT molecular complexity index is 1530. The molecule has 3 rings (SSSR count). The van der Waals surface area contributed by atoms with Gasteiger partial charge in [0.25, 0.3) is 11.5 Å². The van der Waals surface area contributed by atoms with Gasteiger partial charge in [0, 0.05) is 30.8 Å². The van der Waals surface area contributed by atoms with Gasteiger partial charge in [-0.15, -0.1) is 0 Å². The smallest absolute Gasteiger partial charge is 0.467 e. The monoisotopic (exact) mass is 593 g/mol. The van der Waals surface area contributed by atoms with Crippen molar-refractivity contribution >= 4 is 46.5 Å².